The number of carbonyl (C=O) groups excluding carboxylic acids is 1. The van der Waals surface area contributed by atoms with E-state index < -0.39 is 16.3 Å². The number of hydrogen-bond donors (Lipinski definition) is 2. The molecule has 0 aliphatic rings. The van der Waals surface area contributed by atoms with Crippen LogP contribution in [-0.2, 0) is 25.9 Å². The van der Waals surface area contributed by atoms with Crippen molar-refractivity contribution in [2.24, 2.45) is 0 Å². The number of hydrogen-bond acceptors (Lipinski definition) is 5. The molecule has 20 heavy (non-hydrogen) atoms. The van der Waals surface area contributed by atoms with E-state index in [0.29, 0.717) is 17.9 Å². The number of hydroxylamine groups is 1. The van der Waals surface area contributed by atoms with Crippen molar-refractivity contribution in [2.45, 2.75) is 26.2 Å². The molecule has 0 saturated carbocycles. The molecule has 0 atom stereocenters. The van der Waals surface area contributed by atoms with E-state index in [1.807, 2.05) is 0 Å². The van der Waals surface area contributed by atoms with Crippen LogP contribution in [0.25, 0.3) is 0 Å². The van der Waals surface area contributed by atoms with Gasteiger partial charge in [-0.2, -0.15) is 8.42 Å². The van der Waals surface area contributed by atoms with Crippen molar-refractivity contribution in [1.82, 2.24) is 5.48 Å². The first-order valence-corrected chi connectivity index (χ1v) is 7.43. The van der Waals surface area contributed by atoms with E-state index in [1.54, 1.807) is 29.7 Å². The van der Waals surface area contributed by atoms with Gasteiger partial charge >= 0.3 is 10.4 Å². The van der Waals surface area contributed by atoms with E-state index >= 15 is 0 Å². The van der Waals surface area contributed by atoms with Crippen molar-refractivity contribution in [2.75, 3.05) is 6.61 Å². The summed E-state index contributed by atoms with van der Waals surface area (Å²) in [4.78, 5) is 11.3. The third kappa shape index (κ3) is 7.07. The molecule has 1 amide bonds. The molecule has 8 heteroatoms. The molecule has 0 spiro atoms. The smallest absolute Gasteiger partial charge is 0.418 e. The molecule has 0 saturated heterocycles. The van der Waals surface area contributed by atoms with Crippen LogP contribution in [0.5, 0.6) is 5.75 Å². The zero-order chi connectivity index (χ0) is 15.0. The minimum atomic E-state index is -4.68. The van der Waals surface area contributed by atoms with Crippen molar-refractivity contribution in [3.63, 3.8) is 0 Å². The molecule has 1 aromatic carbocycles. The van der Waals surface area contributed by atoms with Crippen LogP contribution in [0.3, 0.4) is 0 Å². The van der Waals surface area contributed by atoms with Crippen molar-refractivity contribution < 1.29 is 26.8 Å². The molecule has 0 aliphatic carbocycles. The summed E-state index contributed by atoms with van der Waals surface area (Å²) in [5.41, 5.74) is 2.28. The zero-order valence-electron chi connectivity index (χ0n) is 11.0. The molecule has 7 nitrogen and oxygen atoms in total. The topological polar surface area (TPSA) is 102 Å². The van der Waals surface area contributed by atoms with Gasteiger partial charge in [-0.15, -0.1) is 4.28 Å². The number of benzene rings is 1. The molecule has 0 radical (unpaired) electrons. The molecule has 0 fully saturated rings. The summed E-state index contributed by atoms with van der Waals surface area (Å²) in [5, 5.41) is 0. The number of unbranched alkanes of at least 4 members (excludes halogenated alkanes) is 1. The third-order valence-electron chi connectivity index (χ3n) is 2.32. The fraction of sp³-hybridized carbons (Fsp3) is 0.417. The third-order valence-corrected chi connectivity index (χ3v) is 2.61. The summed E-state index contributed by atoms with van der Waals surface area (Å²) in [7, 11) is -4.68. The van der Waals surface area contributed by atoms with E-state index in [1.165, 1.54) is 0 Å². The molecule has 2 N–H and O–H groups in total. The average Bonchev–Trinajstić information content (AvgIpc) is 2.38. The summed E-state index contributed by atoms with van der Waals surface area (Å²) >= 11 is 0. The second-order valence-electron chi connectivity index (χ2n) is 4.06. The second-order valence-corrected chi connectivity index (χ2v) is 5.08. The Kier molecular flexibility index (Phi) is 6.43. The number of ether oxygens (including phenoxy) is 1. The van der Waals surface area contributed by atoms with Gasteiger partial charge in [-0.05, 0) is 24.1 Å². The zero-order valence-corrected chi connectivity index (χ0v) is 11.9. The predicted octanol–water partition coefficient (Wildman–Crippen LogP) is 1.26. The van der Waals surface area contributed by atoms with Gasteiger partial charge in [0.25, 0.3) is 0 Å². The van der Waals surface area contributed by atoms with Gasteiger partial charge in [0.15, 0.2) is 0 Å². The summed E-state index contributed by atoms with van der Waals surface area (Å²) in [5.74, 6) is 0.0130. The van der Waals surface area contributed by atoms with Crippen LogP contribution in [0, 0.1) is 0 Å². The maximum Gasteiger partial charge on any atom is 0.418 e. The van der Waals surface area contributed by atoms with E-state index in [4.69, 9.17) is 9.29 Å². The van der Waals surface area contributed by atoms with Crippen molar-refractivity contribution in [1.29, 1.82) is 0 Å². The molecule has 1 rings (SSSR count). The lowest BCUT2D eigenvalue weighted by Gasteiger charge is -2.06. The Morgan fingerprint density at radius 2 is 1.95 bits per heavy atom. The van der Waals surface area contributed by atoms with E-state index in [2.05, 4.69) is 11.2 Å². The monoisotopic (exact) mass is 303 g/mol. The van der Waals surface area contributed by atoms with E-state index in [-0.39, 0.29) is 6.42 Å². The maximum absolute atomic E-state index is 11.3. The summed E-state index contributed by atoms with van der Waals surface area (Å²) < 4.78 is 38.0. The minimum Gasteiger partial charge on any atom is -0.494 e. The molecule has 0 bridgehead atoms. The predicted molar refractivity (Wildman–Crippen MR) is 71.3 cm³/mol. The van der Waals surface area contributed by atoms with Crippen LogP contribution in [0.4, 0.5) is 0 Å². The molecular weight excluding hydrogens is 286 g/mol. The Balaban J connectivity index is 2.42. The van der Waals surface area contributed by atoms with Crippen molar-refractivity contribution in [3.8, 4) is 5.75 Å². The highest BCUT2D eigenvalue weighted by molar-refractivity contribution is 7.80. The van der Waals surface area contributed by atoms with Gasteiger partial charge < -0.3 is 4.74 Å². The van der Waals surface area contributed by atoms with Crippen LogP contribution < -0.4 is 10.2 Å². The van der Waals surface area contributed by atoms with E-state index in [9.17, 15) is 13.2 Å². The van der Waals surface area contributed by atoms with Crippen LogP contribution in [0.15, 0.2) is 24.3 Å². The first-order chi connectivity index (χ1) is 9.40. The van der Waals surface area contributed by atoms with Crippen molar-refractivity contribution in [3.05, 3.63) is 29.8 Å². The largest absolute Gasteiger partial charge is 0.494 e. The van der Waals surface area contributed by atoms with Gasteiger partial charge in [0, 0.05) is 0 Å². The number of rotatable bonds is 8. The van der Waals surface area contributed by atoms with Gasteiger partial charge in [0.2, 0.25) is 5.91 Å². The molecule has 1 aromatic rings. The number of nitrogens with one attached hydrogen (secondary N) is 1. The lowest BCUT2D eigenvalue weighted by atomic mass is 10.1. The van der Waals surface area contributed by atoms with Crippen LogP contribution >= 0.6 is 0 Å². The molecule has 0 aromatic heterocycles. The van der Waals surface area contributed by atoms with Crippen LogP contribution in [0.2, 0.25) is 0 Å². The fourth-order valence-corrected chi connectivity index (χ4v) is 1.56. The molecule has 0 aliphatic heterocycles. The molecule has 0 unspecified atom stereocenters. The summed E-state index contributed by atoms with van der Waals surface area (Å²) in [6.07, 6.45) is 1.94. The van der Waals surface area contributed by atoms with Gasteiger partial charge in [0.1, 0.15) is 5.75 Å². The van der Waals surface area contributed by atoms with Gasteiger partial charge in [-0.25, -0.2) is 5.48 Å². The highest BCUT2D eigenvalue weighted by atomic mass is 32.3. The van der Waals surface area contributed by atoms with Crippen molar-refractivity contribution >= 4 is 16.3 Å². The average molecular weight is 303 g/mol. The first-order valence-electron chi connectivity index (χ1n) is 6.07. The summed E-state index contributed by atoms with van der Waals surface area (Å²) in [6.45, 7) is 2.71. The normalized spacial score (nSPS) is 11.1. The van der Waals surface area contributed by atoms with E-state index in [0.717, 1.165) is 12.8 Å². The Morgan fingerprint density at radius 1 is 1.30 bits per heavy atom. The molecule has 112 valence electrons. The Morgan fingerprint density at radius 3 is 2.50 bits per heavy atom. The quantitative estimate of drug-likeness (QED) is 0.426. The van der Waals surface area contributed by atoms with Gasteiger partial charge in [0.05, 0.1) is 13.0 Å². The Bertz CT molecular complexity index is 525. The highest BCUT2D eigenvalue weighted by Crippen LogP contribution is 2.13. The van der Waals surface area contributed by atoms with Gasteiger partial charge in [-0.1, -0.05) is 25.5 Å². The molecule has 0 heterocycles. The Labute approximate surface area is 117 Å². The molecular formula is C12H17NO6S. The number of carbonyl (C=O) groups is 1. The number of amides is 1. The minimum absolute atomic E-state index is 0.0786. The highest BCUT2D eigenvalue weighted by Gasteiger charge is 2.09. The van der Waals surface area contributed by atoms with Crippen LogP contribution in [-0.4, -0.2) is 25.5 Å². The van der Waals surface area contributed by atoms with Crippen LogP contribution in [0.1, 0.15) is 25.3 Å². The second kappa shape index (κ2) is 7.83. The Hall–Kier alpha value is -1.64. The SMILES string of the molecule is CCCCOc1ccc(CC(=O)NOS(=O)(=O)O)cc1. The lowest BCUT2D eigenvalue weighted by Crippen LogP contribution is -2.28. The summed E-state index contributed by atoms with van der Waals surface area (Å²) in [6, 6.07) is 6.83. The maximum atomic E-state index is 11.3. The standard InChI is InChI=1S/C12H17NO6S/c1-2-3-8-18-11-6-4-10(5-7-11)9-12(14)13-19-20(15,16)17/h4-7H,2-3,8-9H2,1H3,(H,13,14)(H,15,16,17). The lowest BCUT2D eigenvalue weighted by molar-refractivity contribution is -0.127. The van der Waals surface area contributed by atoms with Gasteiger partial charge in [-0.3, -0.25) is 9.35 Å². The first kappa shape index (κ1) is 16.4. The fourth-order valence-electron chi connectivity index (χ4n) is 1.36.